The fraction of sp³-hybridized carbons (Fsp3) is 0.316. The van der Waals surface area contributed by atoms with Gasteiger partial charge in [0, 0.05) is 24.5 Å². The molecule has 140 valence electrons. The third-order valence-corrected chi connectivity index (χ3v) is 5.30. The fourth-order valence-electron chi connectivity index (χ4n) is 2.54. The van der Waals surface area contributed by atoms with Gasteiger partial charge in [0.15, 0.2) is 0 Å². The second-order valence-corrected chi connectivity index (χ2v) is 8.52. The van der Waals surface area contributed by atoms with Crippen molar-refractivity contribution in [1.82, 2.24) is 5.32 Å². The predicted octanol–water partition coefficient (Wildman–Crippen LogP) is 3.51. The zero-order valence-electron chi connectivity index (χ0n) is 14.9. The molecule has 0 heterocycles. The quantitative estimate of drug-likeness (QED) is 0.745. The Kier molecular flexibility index (Phi) is 7.06. The van der Waals surface area contributed by atoms with Crippen LogP contribution in [0.15, 0.2) is 48.5 Å². The first-order valence-corrected chi connectivity index (χ1v) is 10.5. The highest BCUT2D eigenvalue weighted by atomic mass is 35.5. The maximum atomic E-state index is 12.1. The molecule has 0 fully saturated rings. The lowest BCUT2D eigenvalue weighted by molar-refractivity contribution is -0.121. The Morgan fingerprint density at radius 3 is 2.46 bits per heavy atom. The van der Waals surface area contributed by atoms with Gasteiger partial charge in [-0.1, -0.05) is 35.9 Å². The topological polar surface area (TPSA) is 66.5 Å². The molecule has 1 amide bonds. The summed E-state index contributed by atoms with van der Waals surface area (Å²) in [6, 6.07) is 14.6. The van der Waals surface area contributed by atoms with Crippen LogP contribution in [0, 0.1) is 6.92 Å². The minimum atomic E-state index is -3.40. The Balaban J connectivity index is 1.87. The first-order valence-electron chi connectivity index (χ1n) is 8.31. The van der Waals surface area contributed by atoms with Crippen LogP contribution in [0.25, 0.3) is 0 Å². The molecule has 5 nitrogen and oxygen atoms in total. The highest BCUT2D eigenvalue weighted by Gasteiger charge is 2.17. The monoisotopic (exact) mass is 394 g/mol. The minimum Gasteiger partial charge on any atom is -0.352 e. The van der Waals surface area contributed by atoms with E-state index in [1.807, 2.05) is 37.3 Å². The number of hydrogen-bond donors (Lipinski definition) is 1. The Bertz CT molecular complexity index is 851. The summed E-state index contributed by atoms with van der Waals surface area (Å²) in [6.07, 6.45) is 1.87. The van der Waals surface area contributed by atoms with Crippen molar-refractivity contribution in [2.75, 3.05) is 17.1 Å². The van der Waals surface area contributed by atoms with Crippen molar-refractivity contribution < 1.29 is 13.2 Å². The lowest BCUT2D eigenvalue weighted by Gasteiger charge is -2.22. The lowest BCUT2D eigenvalue weighted by Crippen LogP contribution is -2.32. The summed E-state index contributed by atoms with van der Waals surface area (Å²) in [7, 11) is -3.40. The van der Waals surface area contributed by atoms with Crippen LogP contribution in [0.5, 0.6) is 0 Å². The van der Waals surface area contributed by atoms with E-state index in [1.54, 1.807) is 18.2 Å². The summed E-state index contributed by atoms with van der Waals surface area (Å²) < 4.78 is 25.5. The Hall–Kier alpha value is -2.05. The number of anilines is 1. The third kappa shape index (κ3) is 6.35. The van der Waals surface area contributed by atoms with Gasteiger partial charge in [-0.05, 0) is 48.7 Å². The van der Waals surface area contributed by atoms with Crippen molar-refractivity contribution in [2.24, 2.45) is 0 Å². The molecule has 0 aromatic heterocycles. The molecule has 0 aliphatic rings. The van der Waals surface area contributed by atoms with E-state index in [2.05, 4.69) is 5.32 Å². The molecule has 0 aliphatic heterocycles. The largest absolute Gasteiger partial charge is 0.352 e. The number of rotatable bonds is 8. The van der Waals surface area contributed by atoms with E-state index >= 15 is 0 Å². The number of carbonyl (C=O) groups excluding carboxylic acids is 1. The van der Waals surface area contributed by atoms with Crippen LogP contribution < -0.4 is 9.62 Å². The van der Waals surface area contributed by atoms with Crippen LogP contribution in [0.3, 0.4) is 0 Å². The zero-order valence-corrected chi connectivity index (χ0v) is 16.5. The van der Waals surface area contributed by atoms with Crippen molar-refractivity contribution in [3.63, 3.8) is 0 Å². The first-order chi connectivity index (χ1) is 12.3. The van der Waals surface area contributed by atoms with Crippen molar-refractivity contribution in [2.45, 2.75) is 26.3 Å². The van der Waals surface area contributed by atoms with E-state index < -0.39 is 10.0 Å². The normalized spacial score (nSPS) is 11.2. The Morgan fingerprint density at radius 2 is 1.85 bits per heavy atom. The second-order valence-electron chi connectivity index (χ2n) is 6.18. The molecule has 0 bridgehead atoms. The summed E-state index contributed by atoms with van der Waals surface area (Å²) in [4.78, 5) is 12.0. The molecule has 2 rings (SSSR count). The van der Waals surface area contributed by atoms with Crippen LogP contribution in [0.2, 0.25) is 5.02 Å². The van der Waals surface area contributed by atoms with Gasteiger partial charge >= 0.3 is 0 Å². The number of carbonyl (C=O) groups is 1. The molecular weight excluding hydrogens is 372 g/mol. The molecule has 0 saturated heterocycles. The van der Waals surface area contributed by atoms with Gasteiger partial charge in [-0.15, -0.1) is 0 Å². The van der Waals surface area contributed by atoms with E-state index in [9.17, 15) is 13.2 Å². The highest BCUT2D eigenvalue weighted by molar-refractivity contribution is 7.92. The minimum absolute atomic E-state index is 0.113. The predicted molar refractivity (Wildman–Crippen MR) is 106 cm³/mol. The smallest absolute Gasteiger partial charge is 0.232 e. The molecule has 2 aromatic carbocycles. The highest BCUT2D eigenvalue weighted by Crippen LogP contribution is 2.19. The molecule has 0 radical (unpaired) electrons. The van der Waals surface area contributed by atoms with Crippen molar-refractivity contribution in [3.05, 3.63) is 64.7 Å². The number of halogens is 1. The molecule has 0 atom stereocenters. The van der Waals surface area contributed by atoms with Crippen LogP contribution in [0.4, 0.5) is 5.69 Å². The third-order valence-electron chi connectivity index (χ3n) is 3.86. The number of hydrogen-bond acceptors (Lipinski definition) is 3. The number of nitrogens with one attached hydrogen (secondary N) is 1. The number of nitrogens with zero attached hydrogens (tertiary/aromatic N) is 1. The van der Waals surface area contributed by atoms with Crippen molar-refractivity contribution in [1.29, 1.82) is 0 Å². The zero-order chi connectivity index (χ0) is 19.2. The van der Waals surface area contributed by atoms with E-state index in [-0.39, 0.29) is 18.9 Å². The standard InChI is InChI=1S/C19H23ClN2O3S/c1-15-5-3-6-18(13-15)22(26(2,24)25)12-4-7-19(23)21-14-16-8-10-17(20)11-9-16/h3,5-6,8-11,13H,4,7,12,14H2,1-2H3,(H,21,23). The fourth-order valence-corrected chi connectivity index (χ4v) is 3.63. The molecule has 0 unspecified atom stereocenters. The first kappa shape index (κ1) is 20.3. The Morgan fingerprint density at radius 1 is 1.15 bits per heavy atom. The van der Waals surface area contributed by atoms with Crippen LogP contribution in [0.1, 0.15) is 24.0 Å². The van der Waals surface area contributed by atoms with Gasteiger partial charge in [-0.3, -0.25) is 9.10 Å². The Labute approximate surface area is 160 Å². The number of amides is 1. The van der Waals surface area contributed by atoms with Gasteiger partial charge in [-0.25, -0.2) is 8.42 Å². The van der Waals surface area contributed by atoms with E-state index in [4.69, 9.17) is 11.6 Å². The molecule has 26 heavy (non-hydrogen) atoms. The van der Waals surface area contributed by atoms with E-state index in [0.717, 1.165) is 11.1 Å². The summed E-state index contributed by atoms with van der Waals surface area (Å²) >= 11 is 5.83. The van der Waals surface area contributed by atoms with E-state index in [1.165, 1.54) is 10.6 Å². The summed E-state index contributed by atoms with van der Waals surface area (Å²) in [6.45, 7) is 2.59. The van der Waals surface area contributed by atoms with Gasteiger partial charge in [0.05, 0.1) is 11.9 Å². The van der Waals surface area contributed by atoms with Crippen LogP contribution in [-0.4, -0.2) is 27.1 Å². The number of aryl methyl sites for hydroxylation is 1. The summed E-state index contributed by atoms with van der Waals surface area (Å²) in [5.41, 5.74) is 2.56. The van der Waals surface area contributed by atoms with Crippen LogP contribution in [-0.2, 0) is 21.4 Å². The van der Waals surface area contributed by atoms with Crippen LogP contribution >= 0.6 is 11.6 Å². The molecule has 2 aromatic rings. The second kappa shape index (κ2) is 9.05. The lowest BCUT2D eigenvalue weighted by atomic mass is 10.2. The van der Waals surface area contributed by atoms with Crippen molar-refractivity contribution >= 4 is 33.2 Å². The summed E-state index contributed by atoms with van der Waals surface area (Å²) in [5.74, 6) is -0.113. The average Bonchev–Trinajstić information content (AvgIpc) is 2.57. The van der Waals surface area contributed by atoms with Gasteiger partial charge in [0.25, 0.3) is 0 Å². The molecule has 7 heteroatoms. The average molecular weight is 395 g/mol. The maximum absolute atomic E-state index is 12.1. The van der Waals surface area contributed by atoms with Crippen molar-refractivity contribution in [3.8, 4) is 0 Å². The molecular formula is C19H23ClN2O3S. The van der Waals surface area contributed by atoms with Gasteiger partial charge in [0.2, 0.25) is 15.9 Å². The maximum Gasteiger partial charge on any atom is 0.232 e. The van der Waals surface area contributed by atoms with Gasteiger partial charge in [0.1, 0.15) is 0 Å². The molecule has 0 saturated carbocycles. The molecule has 0 aliphatic carbocycles. The SMILES string of the molecule is Cc1cccc(N(CCCC(=O)NCc2ccc(Cl)cc2)S(C)(=O)=O)c1. The van der Waals surface area contributed by atoms with Gasteiger partial charge < -0.3 is 5.32 Å². The molecule has 1 N–H and O–H groups in total. The number of benzene rings is 2. The van der Waals surface area contributed by atoms with Gasteiger partial charge in [-0.2, -0.15) is 0 Å². The summed E-state index contributed by atoms with van der Waals surface area (Å²) in [5, 5.41) is 3.48. The van der Waals surface area contributed by atoms with E-state index in [0.29, 0.717) is 23.7 Å². The number of sulfonamides is 1. The molecule has 0 spiro atoms.